The largest absolute Gasteiger partial charge is 0.393 e. The number of rotatable bonds is 10. The molecule has 0 aromatic rings. The fraction of sp³-hybridized carbons (Fsp3) is 1.00. The van der Waals surface area contributed by atoms with Gasteiger partial charge in [0.05, 0.1) is 6.10 Å². The van der Waals surface area contributed by atoms with Gasteiger partial charge >= 0.3 is 0 Å². The molecule has 0 aromatic heterocycles. The van der Waals surface area contributed by atoms with Gasteiger partial charge in [0.15, 0.2) is 0 Å². The number of hydrogen-bond acceptors (Lipinski definition) is 3. The third-order valence-corrected chi connectivity index (χ3v) is 4.05. The third kappa shape index (κ3) is 6.72. The molecule has 0 bridgehead atoms. The second-order valence-electron chi connectivity index (χ2n) is 5.91. The molecule has 0 aliphatic heterocycles. The van der Waals surface area contributed by atoms with Crippen LogP contribution in [0.25, 0.3) is 0 Å². The van der Waals surface area contributed by atoms with Crippen molar-refractivity contribution in [3.8, 4) is 0 Å². The Morgan fingerprint density at radius 3 is 1.78 bits per heavy atom. The monoisotopic (exact) mass is 258 g/mol. The minimum absolute atomic E-state index is 0.0226. The van der Waals surface area contributed by atoms with Crippen molar-refractivity contribution in [1.29, 1.82) is 0 Å². The first-order chi connectivity index (χ1) is 8.37. The molecule has 0 aromatic carbocycles. The van der Waals surface area contributed by atoms with Crippen molar-refractivity contribution < 1.29 is 5.11 Å². The fourth-order valence-corrected chi connectivity index (χ4v) is 2.12. The first-order valence-electron chi connectivity index (χ1n) is 7.50. The molecule has 18 heavy (non-hydrogen) atoms. The summed E-state index contributed by atoms with van der Waals surface area (Å²) in [5, 5.41) is 9.78. The van der Waals surface area contributed by atoms with Gasteiger partial charge in [-0.2, -0.15) is 0 Å². The summed E-state index contributed by atoms with van der Waals surface area (Å²) >= 11 is 0. The Labute approximate surface area is 114 Å². The predicted molar refractivity (Wildman–Crippen MR) is 80.0 cm³/mol. The van der Waals surface area contributed by atoms with Crippen LogP contribution in [0.1, 0.15) is 48.0 Å². The van der Waals surface area contributed by atoms with E-state index >= 15 is 0 Å². The highest BCUT2D eigenvalue weighted by Gasteiger charge is 2.26. The minimum Gasteiger partial charge on any atom is -0.393 e. The molecule has 3 nitrogen and oxygen atoms in total. The van der Waals surface area contributed by atoms with Crippen LogP contribution in [0, 0.1) is 5.41 Å². The molecule has 0 aliphatic rings. The molecule has 110 valence electrons. The van der Waals surface area contributed by atoms with Crippen molar-refractivity contribution in [2.75, 3.05) is 39.3 Å². The summed E-state index contributed by atoms with van der Waals surface area (Å²) in [7, 11) is 0. The maximum Gasteiger partial charge on any atom is 0.0575 e. The molecule has 0 aliphatic carbocycles. The Kier molecular flexibility index (Phi) is 8.83. The van der Waals surface area contributed by atoms with Crippen molar-refractivity contribution in [1.82, 2.24) is 9.80 Å². The fourth-order valence-electron chi connectivity index (χ4n) is 2.12. The highest BCUT2D eigenvalue weighted by Crippen LogP contribution is 2.21. The Bertz CT molecular complexity index is 201. The molecule has 1 unspecified atom stereocenters. The van der Waals surface area contributed by atoms with Gasteiger partial charge in [0, 0.05) is 12.0 Å². The summed E-state index contributed by atoms with van der Waals surface area (Å²) in [5.41, 5.74) is -0.0226. The maximum absolute atomic E-state index is 9.78. The van der Waals surface area contributed by atoms with E-state index in [1.165, 1.54) is 13.0 Å². The van der Waals surface area contributed by atoms with E-state index in [1.54, 1.807) is 0 Å². The van der Waals surface area contributed by atoms with Crippen molar-refractivity contribution in [2.45, 2.75) is 54.1 Å². The zero-order chi connectivity index (χ0) is 14.2. The minimum atomic E-state index is -0.255. The summed E-state index contributed by atoms with van der Waals surface area (Å²) in [6, 6.07) is 0. The number of hydrogen-bond donors (Lipinski definition) is 1. The van der Waals surface area contributed by atoms with Gasteiger partial charge in [-0.25, -0.2) is 0 Å². The summed E-state index contributed by atoms with van der Waals surface area (Å²) in [6.45, 7) is 19.4. The molecule has 0 rings (SSSR count). The molecular weight excluding hydrogens is 224 g/mol. The number of aliphatic hydroxyl groups excluding tert-OH is 1. The molecule has 1 atom stereocenters. The molecule has 0 fully saturated rings. The van der Waals surface area contributed by atoms with Crippen molar-refractivity contribution >= 4 is 0 Å². The van der Waals surface area contributed by atoms with Gasteiger partial charge in [-0.1, -0.05) is 34.6 Å². The molecule has 0 spiro atoms. The van der Waals surface area contributed by atoms with E-state index in [1.807, 2.05) is 6.92 Å². The number of aliphatic hydroxyl groups is 1. The van der Waals surface area contributed by atoms with Crippen LogP contribution in [0.2, 0.25) is 0 Å². The quantitative estimate of drug-likeness (QED) is 0.652. The topological polar surface area (TPSA) is 26.7 Å². The first kappa shape index (κ1) is 17.9. The van der Waals surface area contributed by atoms with Crippen LogP contribution >= 0.6 is 0 Å². The molecule has 0 heterocycles. The van der Waals surface area contributed by atoms with Gasteiger partial charge in [0.2, 0.25) is 0 Å². The lowest BCUT2D eigenvalue weighted by Gasteiger charge is -2.34. The zero-order valence-corrected chi connectivity index (χ0v) is 13.4. The lowest BCUT2D eigenvalue weighted by atomic mass is 9.87. The van der Waals surface area contributed by atoms with Gasteiger partial charge in [-0.15, -0.1) is 0 Å². The highest BCUT2D eigenvalue weighted by atomic mass is 16.3. The molecule has 0 radical (unpaired) electrons. The molecule has 0 amide bonds. The van der Waals surface area contributed by atoms with Crippen molar-refractivity contribution in [3.05, 3.63) is 0 Å². The zero-order valence-electron chi connectivity index (χ0n) is 13.4. The average Bonchev–Trinajstić information content (AvgIpc) is 2.32. The van der Waals surface area contributed by atoms with E-state index in [0.717, 1.165) is 32.7 Å². The van der Waals surface area contributed by atoms with Crippen LogP contribution < -0.4 is 0 Å². The standard InChI is InChI=1S/C15H34N2O/c1-7-16(8-2)11-10-12-17(9-3)13-15(5,6)14(4)18/h14,18H,7-13H2,1-6H3. The predicted octanol–water partition coefficient (Wildman–Crippen LogP) is 2.45. The second-order valence-corrected chi connectivity index (χ2v) is 5.91. The SMILES string of the molecule is CCN(CC)CCCN(CC)CC(C)(C)C(C)O. The normalized spacial score (nSPS) is 14.5. The first-order valence-corrected chi connectivity index (χ1v) is 7.50. The van der Waals surface area contributed by atoms with E-state index < -0.39 is 0 Å². The second kappa shape index (κ2) is 8.89. The smallest absolute Gasteiger partial charge is 0.0575 e. The lowest BCUT2D eigenvalue weighted by Crippen LogP contribution is -2.41. The Balaban J connectivity index is 4.05. The van der Waals surface area contributed by atoms with E-state index in [4.69, 9.17) is 0 Å². The Morgan fingerprint density at radius 2 is 1.39 bits per heavy atom. The summed E-state index contributed by atoms with van der Waals surface area (Å²) < 4.78 is 0. The van der Waals surface area contributed by atoms with E-state index in [9.17, 15) is 5.11 Å². The summed E-state index contributed by atoms with van der Waals surface area (Å²) in [6.07, 6.45) is 0.958. The van der Waals surface area contributed by atoms with E-state index in [0.29, 0.717) is 0 Å². The molecule has 3 heteroatoms. The molecule has 0 saturated carbocycles. The Hall–Kier alpha value is -0.120. The average molecular weight is 258 g/mol. The Morgan fingerprint density at radius 1 is 0.944 bits per heavy atom. The van der Waals surface area contributed by atoms with E-state index in [2.05, 4.69) is 44.4 Å². The van der Waals surface area contributed by atoms with Gasteiger partial charge in [-0.05, 0) is 46.1 Å². The number of nitrogens with zero attached hydrogens (tertiary/aromatic N) is 2. The van der Waals surface area contributed by atoms with Gasteiger partial charge in [0.1, 0.15) is 0 Å². The summed E-state index contributed by atoms with van der Waals surface area (Å²) in [5.74, 6) is 0. The van der Waals surface area contributed by atoms with Crippen molar-refractivity contribution in [2.24, 2.45) is 5.41 Å². The molecule has 1 N–H and O–H groups in total. The lowest BCUT2D eigenvalue weighted by molar-refractivity contribution is 0.0348. The van der Waals surface area contributed by atoms with Crippen LogP contribution in [0.4, 0.5) is 0 Å². The van der Waals surface area contributed by atoms with Crippen LogP contribution in [0.15, 0.2) is 0 Å². The third-order valence-electron chi connectivity index (χ3n) is 4.05. The van der Waals surface area contributed by atoms with E-state index in [-0.39, 0.29) is 11.5 Å². The molecular formula is C15H34N2O. The van der Waals surface area contributed by atoms with Crippen LogP contribution in [0.3, 0.4) is 0 Å². The summed E-state index contributed by atoms with van der Waals surface area (Å²) in [4.78, 5) is 4.92. The molecule has 0 saturated heterocycles. The van der Waals surface area contributed by atoms with Gasteiger partial charge in [0.25, 0.3) is 0 Å². The van der Waals surface area contributed by atoms with Crippen LogP contribution in [-0.4, -0.2) is 60.3 Å². The maximum atomic E-state index is 9.78. The van der Waals surface area contributed by atoms with Crippen LogP contribution in [-0.2, 0) is 0 Å². The van der Waals surface area contributed by atoms with Crippen molar-refractivity contribution in [3.63, 3.8) is 0 Å². The van der Waals surface area contributed by atoms with Gasteiger partial charge in [-0.3, -0.25) is 0 Å². The van der Waals surface area contributed by atoms with Crippen LogP contribution in [0.5, 0.6) is 0 Å². The highest BCUT2D eigenvalue weighted by molar-refractivity contribution is 4.78. The van der Waals surface area contributed by atoms with Gasteiger partial charge < -0.3 is 14.9 Å².